The van der Waals surface area contributed by atoms with Crippen LogP contribution in [0.15, 0.2) is 84.9 Å². The fraction of sp³-hybridized carbons (Fsp3) is 0.200. The molecule has 182 valence electrons. The van der Waals surface area contributed by atoms with Gasteiger partial charge in [-0.3, -0.25) is 4.79 Å². The quantitative estimate of drug-likeness (QED) is 0.250. The Hall–Kier alpha value is -3.67. The average Bonchev–Trinajstić information content (AvgIpc) is 2.92. The zero-order valence-electron chi connectivity index (χ0n) is 20.2. The van der Waals surface area contributed by atoms with E-state index in [-0.39, 0.29) is 5.91 Å². The Kier molecular flexibility index (Phi) is 7.31. The molecule has 0 unspecified atom stereocenters. The summed E-state index contributed by atoms with van der Waals surface area (Å²) in [4.78, 5) is 22.4. The van der Waals surface area contributed by atoms with Gasteiger partial charge in [0, 0.05) is 42.2 Å². The van der Waals surface area contributed by atoms with E-state index in [9.17, 15) is 4.79 Å². The first-order valence-electron chi connectivity index (χ1n) is 12.1. The first-order chi connectivity index (χ1) is 17.5. The lowest BCUT2D eigenvalue weighted by Crippen LogP contribution is -2.47. The standard InChI is InChI=1S/C30H28ClN3O2/c1-33-16-18-34(19-17-33)30(35)28(20-22-6-11-25(31)12-7-22)23-9-14-27(15-10-23)36-21-26-13-8-24-4-2-3-5-29(24)32-26/h2-15,20H,16-19,21H2,1H3/b28-20+. The molecule has 4 aromatic rings. The van der Waals surface area contributed by atoms with Gasteiger partial charge in [0.25, 0.3) is 5.91 Å². The monoisotopic (exact) mass is 497 g/mol. The number of carbonyl (C=O) groups is 1. The molecular weight excluding hydrogens is 470 g/mol. The van der Waals surface area contributed by atoms with E-state index in [0.29, 0.717) is 30.3 Å². The summed E-state index contributed by atoms with van der Waals surface area (Å²) in [6.07, 6.45) is 1.94. The summed E-state index contributed by atoms with van der Waals surface area (Å²) in [6.45, 7) is 3.55. The number of piperazine rings is 1. The number of pyridine rings is 1. The molecule has 0 bridgehead atoms. The molecule has 2 heterocycles. The van der Waals surface area contributed by atoms with Crippen LogP contribution >= 0.6 is 11.6 Å². The summed E-state index contributed by atoms with van der Waals surface area (Å²) in [5, 5.41) is 1.78. The van der Waals surface area contributed by atoms with E-state index in [0.717, 1.165) is 46.6 Å². The van der Waals surface area contributed by atoms with E-state index in [1.807, 2.05) is 89.8 Å². The summed E-state index contributed by atoms with van der Waals surface area (Å²) in [6, 6.07) is 27.3. The van der Waals surface area contributed by atoms with Gasteiger partial charge in [0.2, 0.25) is 0 Å². The number of halogens is 1. The van der Waals surface area contributed by atoms with E-state index >= 15 is 0 Å². The molecule has 5 rings (SSSR count). The first kappa shape index (κ1) is 24.0. The van der Waals surface area contributed by atoms with Crippen LogP contribution < -0.4 is 4.74 Å². The van der Waals surface area contributed by atoms with Crippen LogP contribution in [0.2, 0.25) is 5.02 Å². The highest BCUT2D eigenvalue weighted by molar-refractivity contribution is 6.30. The van der Waals surface area contributed by atoms with E-state index in [4.69, 9.17) is 16.3 Å². The van der Waals surface area contributed by atoms with Gasteiger partial charge in [-0.05, 0) is 60.6 Å². The molecule has 1 aliphatic rings. The largest absolute Gasteiger partial charge is 0.487 e. The minimum absolute atomic E-state index is 0.0343. The second kappa shape index (κ2) is 10.9. The highest BCUT2D eigenvalue weighted by Crippen LogP contribution is 2.25. The van der Waals surface area contributed by atoms with Crippen molar-refractivity contribution in [3.05, 3.63) is 107 Å². The molecule has 0 aliphatic carbocycles. The van der Waals surface area contributed by atoms with E-state index < -0.39 is 0 Å². The van der Waals surface area contributed by atoms with Crippen molar-refractivity contribution in [1.82, 2.24) is 14.8 Å². The number of rotatable bonds is 6. The number of fused-ring (bicyclic) bond motifs is 1. The number of hydrogen-bond acceptors (Lipinski definition) is 4. The SMILES string of the molecule is CN1CCN(C(=O)/C(=C/c2ccc(Cl)cc2)c2ccc(OCc3ccc4ccccc4n3)cc2)CC1. The normalized spacial score (nSPS) is 14.7. The molecule has 1 amide bonds. The zero-order chi connectivity index (χ0) is 24.9. The zero-order valence-corrected chi connectivity index (χ0v) is 21.0. The van der Waals surface area contributed by atoms with Crippen LogP contribution in [0, 0.1) is 0 Å². The lowest BCUT2D eigenvalue weighted by atomic mass is 10.0. The van der Waals surface area contributed by atoms with Crippen molar-refractivity contribution in [2.75, 3.05) is 33.2 Å². The van der Waals surface area contributed by atoms with Gasteiger partial charge in [-0.1, -0.05) is 60.1 Å². The van der Waals surface area contributed by atoms with Crippen LogP contribution in [-0.2, 0) is 11.4 Å². The summed E-state index contributed by atoms with van der Waals surface area (Å²) in [5.41, 5.74) is 4.26. The molecule has 6 heteroatoms. The summed E-state index contributed by atoms with van der Waals surface area (Å²) in [7, 11) is 2.08. The number of nitrogens with zero attached hydrogens (tertiary/aromatic N) is 3. The highest BCUT2D eigenvalue weighted by atomic mass is 35.5. The Balaban J connectivity index is 1.35. The molecule has 36 heavy (non-hydrogen) atoms. The number of ether oxygens (including phenoxy) is 1. The molecule has 3 aromatic carbocycles. The Morgan fingerprint density at radius 1 is 0.917 bits per heavy atom. The molecule has 0 spiro atoms. The molecule has 0 saturated carbocycles. The van der Waals surface area contributed by atoms with Crippen molar-refractivity contribution in [3.8, 4) is 5.75 Å². The van der Waals surface area contributed by atoms with Crippen LogP contribution in [0.3, 0.4) is 0 Å². The number of benzene rings is 3. The molecule has 1 aliphatic heterocycles. The third kappa shape index (κ3) is 5.76. The third-order valence-corrected chi connectivity index (χ3v) is 6.66. The number of aromatic nitrogens is 1. The maximum Gasteiger partial charge on any atom is 0.254 e. The second-order valence-corrected chi connectivity index (χ2v) is 9.45. The number of amides is 1. The number of hydrogen-bond donors (Lipinski definition) is 0. The topological polar surface area (TPSA) is 45.7 Å². The Morgan fingerprint density at radius 3 is 2.39 bits per heavy atom. The van der Waals surface area contributed by atoms with Crippen LogP contribution in [0.25, 0.3) is 22.6 Å². The molecule has 5 nitrogen and oxygen atoms in total. The summed E-state index contributed by atoms with van der Waals surface area (Å²) in [5.74, 6) is 0.763. The predicted octanol–water partition coefficient (Wildman–Crippen LogP) is 5.78. The fourth-order valence-corrected chi connectivity index (χ4v) is 4.38. The minimum atomic E-state index is 0.0343. The van der Waals surface area contributed by atoms with Gasteiger partial charge in [0.1, 0.15) is 12.4 Å². The number of likely N-dealkylation sites (N-methyl/N-ethyl adjacent to an activating group) is 1. The van der Waals surface area contributed by atoms with Gasteiger partial charge < -0.3 is 14.5 Å². The second-order valence-electron chi connectivity index (χ2n) is 9.01. The van der Waals surface area contributed by atoms with Crippen molar-refractivity contribution in [1.29, 1.82) is 0 Å². The fourth-order valence-electron chi connectivity index (χ4n) is 4.25. The Morgan fingerprint density at radius 2 is 1.64 bits per heavy atom. The van der Waals surface area contributed by atoms with Crippen molar-refractivity contribution < 1.29 is 9.53 Å². The summed E-state index contributed by atoms with van der Waals surface area (Å²) < 4.78 is 6.00. The number of carbonyl (C=O) groups excluding carboxylic acids is 1. The van der Waals surface area contributed by atoms with Crippen molar-refractivity contribution >= 4 is 40.1 Å². The van der Waals surface area contributed by atoms with Crippen LogP contribution in [0.1, 0.15) is 16.8 Å². The highest BCUT2D eigenvalue weighted by Gasteiger charge is 2.23. The molecule has 0 atom stereocenters. The smallest absolute Gasteiger partial charge is 0.254 e. The van der Waals surface area contributed by atoms with Crippen molar-refractivity contribution in [3.63, 3.8) is 0 Å². The van der Waals surface area contributed by atoms with E-state index in [1.165, 1.54) is 0 Å². The molecule has 1 aromatic heterocycles. The van der Waals surface area contributed by atoms with Crippen molar-refractivity contribution in [2.24, 2.45) is 0 Å². The molecule has 1 fully saturated rings. The van der Waals surface area contributed by atoms with Gasteiger partial charge in [-0.2, -0.15) is 0 Å². The number of para-hydroxylation sites is 1. The maximum atomic E-state index is 13.6. The minimum Gasteiger partial charge on any atom is -0.487 e. The van der Waals surface area contributed by atoms with Crippen LogP contribution in [0.5, 0.6) is 5.75 Å². The first-order valence-corrected chi connectivity index (χ1v) is 12.5. The van der Waals surface area contributed by atoms with Gasteiger partial charge in [-0.25, -0.2) is 4.98 Å². The van der Waals surface area contributed by atoms with Gasteiger partial charge >= 0.3 is 0 Å². The van der Waals surface area contributed by atoms with E-state index in [2.05, 4.69) is 23.0 Å². The molecule has 0 N–H and O–H groups in total. The van der Waals surface area contributed by atoms with E-state index in [1.54, 1.807) is 0 Å². The Bertz CT molecular complexity index is 1380. The summed E-state index contributed by atoms with van der Waals surface area (Å²) >= 11 is 6.06. The molecular formula is C30H28ClN3O2. The molecule has 0 radical (unpaired) electrons. The lowest BCUT2D eigenvalue weighted by molar-refractivity contribution is -0.126. The van der Waals surface area contributed by atoms with Gasteiger partial charge in [-0.15, -0.1) is 0 Å². The van der Waals surface area contributed by atoms with Crippen LogP contribution in [-0.4, -0.2) is 53.9 Å². The third-order valence-electron chi connectivity index (χ3n) is 6.41. The van der Waals surface area contributed by atoms with Gasteiger partial charge in [0.15, 0.2) is 0 Å². The van der Waals surface area contributed by atoms with Crippen molar-refractivity contribution in [2.45, 2.75) is 6.61 Å². The predicted molar refractivity (Wildman–Crippen MR) is 146 cm³/mol. The van der Waals surface area contributed by atoms with Crippen LogP contribution in [0.4, 0.5) is 0 Å². The Labute approximate surface area is 216 Å². The van der Waals surface area contributed by atoms with Gasteiger partial charge in [0.05, 0.1) is 11.2 Å². The average molecular weight is 498 g/mol. The molecule has 1 saturated heterocycles. The lowest BCUT2D eigenvalue weighted by Gasteiger charge is -2.33. The maximum absolute atomic E-state index is 13.6.